The smallest absolute Gasteiger partial charge is 0.414 e. The van der Waals surface area contributed by atoms with Crippen LogP contribution in [0.3, 0.4) is 0 Å². The van der Waals surface area contributed by atoms with Crippen LogP contribution in [0.5, 0.6) is 0 Å². The lowest BCUT2D eigenvalue weighted by Crippen LogP contribution is -2.48. The third kappa shape index (κ3) is 4.68. The summed E-state index contributed by atoms with van der Waals surface area (Å²) in [6, 6.07) is 4.64. The number of carbonyl (C=O) groups excluding carboxylic acids is 1. The predicted molar refractivity (Wildman–Crippen MR) is 116 cm³/mol. The van der Waals surface area contributed by atoms with Gasteiger partial charge < -0.3 is 15.0 Å². The first-order valence-corrected chi connectivity index (χ1v) is 12.2. The number of hydrogen-bond donors (Lipinski definition) is 1. The van der Waals surface area contributed by atoms with Gasteiger partial charge in [0.1, 0.15) is 11.9 Å². The standard InChI is InChI=1S/C19H25FN4O4S2/c1-30(26,27)23-8-6-22(7-9-23)17-5-4-14(10-16(17)20)24-12-15(28-19(24)25)11-21-18(29)13-2-3-13/h4-5,10,13,15H,2-3,6-9,11-12H2,1H3,(H,21,29). The van der Waals surface area contributed by atoms with E-state index in [2.05, 4.69) is 5.32 Å². The number of piperazine rings is 1. The van der Waals surface area contributed by atoms with Crippen LogP contribution in [0.1, 0.15) is 12.8 Å². The summed E-state index contributed by atoms with van der Waals surface area (Å²) < 4.78 is 44.9. The maximum atomic E-state index is 14.8. The molecule has 1 unspecified atom stereocenters. The summed E-state index contributed by atoms with van der Waals surface area (Å²) in [6.45, 7) is 2.22. The van der Waals surface area contributed by atoms with Crippen molar-refractivity contribution < 1.29 is 22.3 Å². The van der Waals surface area contributed by atoms with Gasteiger partial charge in [0.05, 0.1) is 35.7 Å². The zero-order valence-electron chi connectivity index (χ0n) is 16.7. The van der Waals surface area contributed by atoms with Crippen LogP contribution in [0.4, 0.5) is 20.6 Å². The van der Waals surface area contributed by atoms with Gasteiger partial charge in [-0.2, -0.15) is 4.31 Å². The molecule has 30 heavy (non-hydrogen) atoms. The first-order valence-electron chi connectivity index (χ1n) is 9.98. The van der Waals surface area contributed by atoms with Crippen molar-refractivity contribution in [2.75, 3.05) is 55.3 Å². The highest BCUT2D eigenvalue weighted by molar-refractivity contribution is 7.88. The van der Waals surface area contributed by atoms with Crippen molar-refractivity contribution in [3.8, 4) is 0 Å². The fourth-order valence-corrected chi connectivity index (χ4v) is 4.87. The number of sulfonamides is 1. The molecule has 0 radical (unpaired) electrons. The number of thiocarbonyl (C=S) groups is 1. The Bertz CT molecular complexity index is 946. The maximum absolute atomic E-state index is 14.8. The Labute approximate surface area is 181 Å². The number of rotatable bonds is 6. The minimum absolute atomic E-state index is 0.315. The summed E-state index contributed by atoms with van der Waals surface area (Å²) in [5.41, 5.74) is 0.829. The fraction of sp³-hybridized carbons (Fsp3) is 0.579. The van der Waals surface area contributed by atoms with Crippen LogP contribution in [0.2, 0.25) is 0 Å². The minimum atomic E-state index is -3.24. The Morgan fingerprint density at radius 1 is 1.27 bits per heavy atom. The van der Waals surface area contributed by atoms with E-state index >= 15 is 0 Å². The molecule has 11 heteroatoms. The van der Waals surface area contributed by atoms with E-state index in [1.165, 1.54) is 21.5 Å². The molecule has 4 rings (SSSR count). The van der Waals surface area contributed by atoms with Crippen LogP contribution in [-0.2, 0) is 14.8 Å². The van der Waals surface area contributed by atoms with Crippen molar-refractivity contribution in [1.82, 2.24) is 9.62 Å². The quantitative estimate of drug-likeness (QED) is 0.651. The average molecular weight is 457 g/mol. The summed E-state index contributed by atoms with van der Waals surface area (Å²) in [5, 5.41) is 3.16. The van der Waals surface area contributed by atoms with Crippen LogP contribution in [-0.4, -0.2) is 75.4 Å². The van der Waals surface area contributed by atoms with Gasteiger partial charge in [0.15, 0.2) is 0 Å². The molecule has 1 saturated carbocycles. The molecule has 164 valence electrons. The van der Waals surface area contributed by atoms with E-state index in [0.29, 0.717) is 56.6 Å². The monoisotopic (exact) mass is 456 g/mol. The highest BCUT2D eigenvalue weighted by atomic mass is 32.2. The van der Waals surface area contributed by atoms with Gasteiger partial charge in [0, 0.05) is 32.1 Å². The Morgan fingerprint density at radius 2 is 1.97 bits per heavy atom. The van der Waals surface area contributed by atoms with E-state index in [9.17, 15) is 17.6 Å². The van der Waals surface area contributed by atoms with Gasteiger partial charge in [-0.15, -0.1) is 0 Å². The van der Waals surface area contributed by atoms with Gasteiger partial charge in [0.2, 0.25) is 10.0 Å². The second-order valence-electron chi connectivity index (χ2n) is 7.92. The summed E-state index contributed by atoms with van der Waals surface area (Å²) in [6.07, 6.45) is 2.54. The number of ether oxygens (including phenoxy) is 1. The highest BCUT2D eigenvalue weighted by Crippen LogP contribution is 2.30. The zero-order valence-corrected chi connectivity index (χ0v) is 18.3. The van der Waals surface area contributed by atoms with E-state index in [-0.39, 0.29) is 6.10 Å². The summed E-state index contributed by atoms with van der Waals surface area (Å²) >= 11 is 5.29. The molecule has 3 aliphatic rings. The maximum Gasteiger partial charge on any atom is 0.414 e. The third-order valence-electron chi connectivity index (χ3n) is 5.62. The van der Waals surface area contributed by atoms with E-state index in [1.807, 2.05) is 4.90 Å². The lowest BCUT2D eigenvalue weighted by atomic mass is 10.2. The summed E-state index contributed by atoms with van der Waals surface area (Å²) in [7, 11) is -3.24. The molecule has 0 aromatic heterocycles. The molecule has 0 spiro atoms. The number of carbonyl (C=O) groups is 1. The summed E-state index contributed by atoms with van der Waals surface area (Å²) in [5.74, 6) is -0.00117. The first-order chi connectivity index (χ1) is 14.2. The average Bonchev–Trinajstić information content (AvgIpc) is 3.48. The largest absolute Gasteiger partial charge is 0.442 e. The number of cyclic esters (lactones) is 1. The third-order valence-corrected chi connectivity index (χ3v) is 7.40. The molecule has 2 aliphatic heterocycles. The van der Waals surface area contributed by atoms with Crippen LogP contribution >= 0.6 is 12.2 Å². The van der Waals surface area contributed by atoms with E-state index in [1.54, 1.807) is 12.1 Å². The molecule has 1 aromatic rings. The number of amides is 1. The molecule has 1 aliphatic carbocycles. The van der Waals surface area contributed by atoms with E-state index in [0.717, 1.165) is 17.8 Å². The second kappa shape index (κ2) is 8.27. The molecular weight excluding hydrogens is 431 g/mol. The Kier molecular flexibility index (Phi) is 5.86. The molecule has 1 aromatic carbocycles. The normalized spacial score (nSPS) is 22.9. The molecule has 2 saturated heterocycles. The number of benzene rings is 1. The van der Waals surface area contributed by atoms with Crippen LogP contribution in [0.25, 0.3) is 0 Å². The first kappa shape index (κ1) is 21.3. The molecule has 8 nitrogen and oxygen atoms in total. The summed E-state index contributed by atoms with van der Waals surface area (Å²) in [4.78, 5) is 16.3. The lowest BCUT2D eigenvalue weighted by molar-refractivity contribution is 0.143. The van der Waals surface area contributed by atoms with Crippen molar-refractivity contribution in [3.63, 3.8) is 0 Å². The molecule has 3 fully saturated rings. The van der Waals surface area contributed by atoms with Gasteiger partial charge >= 0.3 is 6.09 Å². The fourth-order valence-electron chi connectivity index (χ4n) is 3.72. The van der Waals surface area contributed by atoms with Gasteiger partial charge in [-0.1, -0.05) is 12.2 Å². The van der Waals surface area contributed by atoms with E-state index in [4.69, 9.17) is 17.0 Å². The highest BCUT2D eigenvalue weighted by Gasteiger charge is 2.34. The molecular formula is C19H25FN4O4S2. The Hall–Kier alpha value is -1.98. The van der Waals surface area contributed by atoms with E-state index < -0.39 is 21.9 Å². The SMILES string of the molecule is CS(=O)(=O)N1CCN(c2ccc(N3CC(CNC(=S)C4CC4)OC3=O)cc2F)CC1. The number of nitrogens with zero attached hydrogens (tertiary/aromatic N) is 3. The molecule has 1 amide bonds. The van der Waals surface area contributed by atoms with Crippen LogP contribution < -0.4 is 15.1 Å². The van der Waals surface area contributed by atoms with Gasteiger partial charge in [-0.3, -0.25) is 4.90 Å². The predicted octanol–water partition coefficient (Wildman–Crippen LogP) is 1.56. The van der Waals surface area contributed by atoms with Gasteiger partial charge in [-0.05, 0) is 31.0 Å². The molecule has 1 atom stereocenters. The van der Waals surface area contributed by atoms with Crippen molar-refractivity contribution in [2.45, 2.75) is 18.9 Å². The zero-order chi connectivity index (χ0) is 21.5. The molecule has 0 bridgehead atoms. The van der Waals surface area contributed by atoms with Gasteiger partial charge in [0.25, 0.3) is 0 Å². The van der Waals surface area contributed by atoms with Crippen molar-refractivity contribution >= 4 is 44.7 Å². The Morgan fingerprint density at radius 3 is 2.57 bits per heavy atom. The van der Waals surface area contributed by atoms with Crippen molar-refractivity contribution in [3.05, 3.63) is 24.0 Å². The Balaban J connectivity index is 1.37. The van der Waals surface area contributed by atoms with Crippen molar-refractivity contribution in [2.24, 2.45) is 5.92 Å². The molecule has 1 N–H and O–H groups in total. The number of halogens is 1. The lowest BCUT2D eigenvalue weighted by Gasteiger charge is -2.35. The van der Waals surface area contributed by atoms with Gasteiger partial charge in [-0.25, -0.2) is 17.6 Å². The minimum Gasteiger partial charge on any atom is -0.442 e. The number of anilines is 2. The van der Waals surface area contributed by atoms with Crippen LogP contribution in [0, 0.1) is 11.7 Å². The second-order valence-corrected chi connectivity index (χ2v) is 10.3. The number of hydrogen-bond acceptors (Lipinski definition) is 6. The molecule has 2 heterocycles. The topological polar surface area (TPSA) is 82.2 Å². The number of nitrogens with one attached hydrogen (secondary N) is 1. The van der Waals surface area contributed by atoms with Crippen molar-refractivity contribution in [1.29, 1.82) is 0 Å². The van der Waals surface area contributed by atoms with Crippen LogP contribution in [0.15, 0.2) is 18.2 Å².